The minimum atomic E-state index is 0.288. The number of nitrogens with zero attached hydrogens (tertiary/aromatic N) is 1. The molecule has 1 aliphatic heterocycles. The molecule has 0 radical (unpaired) electrons. The van der Waals surface area contributed by atoms with Crippen molar-refractivity contribution in [1.29, 1.82) is 0 Å². The van der Waals surface area contributed by atoms with Crippen molar-refractivity contribution in [3.63, 3.8) is 0 Å². The molecule has 1 aromatic heterocycles. The summed E-state index contributed by atoms with van der Waals surface area (Å²) in [7, 11) is 0. The van der Waals surface area contributed by atoms with Gasteiger partial charge in [-0.25, -0.2) is 4.98 Å². The zero-order valence-corrected chi connectivity index (χ0v) is 12.8. The van der Waals surface area contributed by atoms with Crippen molar-refractivity contribution in [3.05, 3.63) is 28.2 Å². The van der Waals surface area contributed by atoms with Gasteiger partial charge < -0.3 is 5.32 Å². The van der Waals surface area contributed by atoms with E-state index in [2.05, 4.69) is 18.3 Å². The molecule has 0 spiro atoms. The molecule has 3 rings (SSSR count). The Morgan fingerprint density at radius 2 is 2.16 bits per heavy atom. The van der Waals surface area contributed by atoms with E-state index in [0.717, 1.165) is 23.6 Å². The van der Waals surface area contributed by atoms with Crippen molar-refractivity contribution in [1.82, 2.24) is 10.3 Å². The summed E-state index contributed by atoms with van der Waals surface area (Å²) in [6.45, 7) is 4.49. The van der Waals surface area contributed by atoms with Gasteiger partial charge in [-0.05, 0) is 50.6 Å². The summed E-state index contributed by atoms with van der Waals surface area (Å²) in [5, 5.41) is 5.56. The van der Waals surface area contributed by atoms with Crippen LogP contribution in [0.4, 0.5) is 0 Å². The van der Waals surface area contributed by atoms with E-state index in [9.17, 15) is 0 Å². The molecule has 2 heterocycles. The first kappa shape index (κ1) is 13.3. The van der Waals surface area contributed by atoms with Crippen molar-refractivity contribution >= 4 is 33.2 Å². The summed E-state index contributed by atoms with van der Waals surface area (Å²) in [4.78, 5) is 4.89. The van der Waals surface area contributed by atoms with Gasteiger partial charge in [0.15, 0.2) is 0 Å². The predicted molar refractivity (Wildman–Crippen MR) is 83.3 cm³/mol. The highest BCUT2D eigenvalue weighted by Gasteiger charge is 2.35. The van der Waals surface area contributed by atoms with Gasteiger partial charge in [0.1, 0.15) is 5.01 Å². The number of halogens is 1. The summed E-state index contributed by atoms with van der Waals surface area (Å²) in [5.74, 6) is 0. The van der Waals surface area contributed by atoms with Crippen LogP contribution in [0.2, 0.25) is 5.02 Å². The maximum atomic E-state index is 6.06. The molecule has 2 nitrogen and oxygen atoms in total. The average molecular weight is 295 g/mol. The lowest BCUT2D eigenvalue weighted by Crippen LogP contribution is -2.39. The first-order chi connectivity index (χ1) is 9.23. The number of fused-ring (bicyclic) bond motifs is 1. The number of hydrogen-bond acceptors (Lipinski definition) is 3. The summed E-state index contributed by atoms with van der Waals surface area (Å²) in [6, 6.07) is 6.04. The van der Waals surface area contributed by atoms with Gasteiger partial charge >= 0.3 is 0 Å². The van der Waals surface area contributed by atoms with Gasteiger partial charge in [-0.1, -0.05) is 24.9 Å². The summed E-state index contributed by atoms with van der Waals surface area (Å²) in [5.41, 5.74) is 1.34. The van der Waals surface area contributed by atoms with Gasteiger partial charge in [-0.3, -0.25) is 0 Å². The molecule has 1 N–H and O–H groups in total. The van der Waals surface area contributed by atoms with E-state index >= 15 is 0 Å². The second-order valence-electron chi connectivity index (χ2n) is 5.41. The molecule has 0 atom stereocenters. The zero-order chi connectivity index (χ0) is 13.3. The van der Waals surface area contributed by atoms with Gasteiger partial charge in [-0.15, -0.1) is 11.3 Å². The number of rotatable bonds is 3. The minimum absolute atomic E-state index is 0.288. The van der Waals surface area contributed by atoms with E-state index in [1.165, 1.54) is 35.4 Å². The molecule has 0 saturated carbocycles. The van der Waals surface area contributed by atoms with Crippen LogP contribution >= 0.6 is 22.9 Å². The number of aromatic nitrogens is 1. The Balaban J connectivity index is 2.04. The van der Waals surface area contributed by atoms with Crippen LogP contribution in [0.1, 0.15) is 37.6 Å². The van der Waals surface area contributed by atoms with Gasteiger partial charge in [0, 0.05) is 10.4 Å². The van der Waals surface area contributed by atoms with E-state index in [0.29, 0.717) is 0 Å². The molecule has 102 valence electrons. The van der Waals surface area contributed by atoms with Crippen LogP contribution in [0.15, 0.2) is 18.2 Å². The Bertz CT molecular complexity index is 567. The molecule has 2 aromatic rings. The molecule has 1 fully saturated rings. The maximum Gasteiger partial charge on any atom is 0.100 e. The molecule has 0 bridgehead atoms. The molecule has 1 aliphatic rings. The summed E-state index contributed by atoms with van der Waals surface area (Å²) >= 11 is 7.92. The Morgan fingerprint density at radius 3 is 2.89 bits per heavy atom. The Labute approximate surface area is 123 Å². The maximum absolute atomic E-state index is 6.06. The van der Waals surface area contributed by atoms with Crippen LogP contribution < -0.4 is 5.32 Å². The average Bonchev–Trinajstić information content (AvgIpc) is 2.83. The van der Waals surface area contributed by atoms with Crippen LogP contribution in [0.3, 0.4) is 0 Å². The number of hydrogen-bond donors (Lipinski definition) is 1. The van der Waals surface area contributed by atoms with E-state index < -0.39 is 0 Å². The first-order valence-corrected chi connectivity index (χ1v) is 8.20. The zero-order valence-electron chi connectivity index (χ0n) is 11.2. The molecule has 19 heavy (non-hydrogen) atoms. The van der Waals surface area contributed by atoms with E-state index in [4.69, 9.17) is 16.6 Å². The summed E-state index contributed by atoms with van der Waals surface area (Å²) in [6.07, 6.45) is 4.86. The fourth-order valence-corrected chi connectivity index (χ4v) is 4.47. The number of benzene rings is 1. The highest BCUT2D eigenvalue weighted by Crippen LogP contribution is 2.41. The van der Waals surface area contributed by atoms with Crippen molar-refractivity contribution in [2.24, 2.45) is 0 Å². The lowest BCUT2D eigenvalue weighted by molar-refractivity contribution is 0.285. The van der Waals surface area contributed by atoms with Gasteiger partial charge in [0.2, 0.25) is 0 Å². The fourth-order valence-electron chi connectivity index (χ4n) is 3.08. The SMILES string of the molecule is CCCC1(c2nc3cc(Cl)ccc3s2)CCNCC1. The third kappa shape index (κ3) is 2.51. The largest absolute Gasteiger partial charge is 0.317 e. The van der Waals surface area contributed by atoms with Gasteiger partial charge in [-0.2, -0.15) is 0 Å². The Morgan fingerprint density at radius 1 is 1.37 bits per heavy atom. The third-order valence-electron chi connectivity index (χ3n) is 4.09. The van der Waals surface area contributed by atoms with E-state index in [1.807, 2.05) is 23.5 Å². The first-order valence-electron chi connectivity index (χ1n) is 7.01. The monoisotopic (exact) mass is 294 g/mol. The van der Waals surface area contributed by atoms with Crippen LogP contribution in [-0.2, 0) is 5.41 Å². The molecule has 1 aromatic carbocycles. The second-order valence-corrected chi connectivity index (χ2v) is 6.88. The number of thiazole rings is 1. The lowest BCUT2D eigenvalue weighted by atomic mass is 9.76. The van der Waals surface area contributed by atoms with Crippen LogP contribution in [0.25, 0.3) is 10.2 Å². The van der Waals surface area contributed by atoms with Gasteiger partial charge in [0.25, 0.3) is 0 Å². The van der Waals surface area contributed by atoms with Crippen molar-refractivity contribution in [2.45, 2.75) is 38.0 Å². The normalized spacial score (nSPS) is 18.8. The Hall–Kier alpha value is -0.640. The second kappa shape index (κ2) is 5.39. The standard InChI is InChI=1S/C15H19ClN2S/c1-2-5-15(6-8-17-9-7-15)14-18-12-10-11(16)3-4-13(12)19-14/h3-4,10,17H,2,5-9H2,1H3. The van der Waals surface area contributed by atoms with Crippen molar-refractivity contribution in [2.75, 3.05) is 13.1 Å². The third-order valence-corrected chi connectivity index (χ3v) is 5.61. The highest BCUT2D eigenvalue weighted by atomic mass is 35.5. The highest BCUT2D eigenvalue weighted by molar-refractivity contribution is 7.18. The van der Waals surface area contributed by atoms with E-state index in [1.54, 1.807) is 0 Å². The van der Waals surface area contributed by atoms with Crippen LogP contribution in [0.5, 0.6) is 0 Å². The molecule has 0 amide bonds. The molecule has 0 unspecified atom stereocenters. The molecular weight excluding hydrogens is 276 g/mol. The topological polar surface area (TPSA) is 24.9 Å². The van der Waals surface area contributed by atoms with E-state index in [-0.39, 0.29) is 5.41 Å². The van der Waals surface area contributed by atoms with Gasteiger partial charge in [0.05, 0.1) is 10.2 Å². The minimum Gasteiger partial charge on any atom is -0.317 e. The molecule has 1 saturated heterocycles. The fraction of sp³-hybridized carbons (Fsp3) is 0.533. The van der Waals surface area contributed by atoms with Crippen LogP contribution in [-0.4, -0.2) is 18.1 Å². The Kier molecular flexibility index (Phi) is 3.79. The van der Waals surface area contributed by atoms with Crippen molar-refractivity contribution in [3.8, 4) is 0 Å². The number of piperidine rings is 1. The van der Waals surface area contributed by atoms with Crippen LogP contribution in [0, 0.1) is 0 Å². The smallest absolute Gasteiger partial charge is 0.100 e. The molecule has 0 aliphatic carbocycles. The summed E-state index contributed by atoms with van der Waals surface area (Å²) < 4.78 is 1.26. The quantitative estimate of drug-likeness (QED) is 0.909. The predicted octanol–water partition coefficient (Wildman–Crippen LogP) is 4.37. The molecule has 4 heteroatoms. The van der Waals surface area contributed by atoms with Crippen molar-refractivity contribution < 1.29 is 0 Å². The number of nitrogens with one attached hydrogen (secondary N) is 1. The molecular formula is C15H19ClN2S. The lowest BCUT2D eigenvalue weighted by Gasteiger charge is -2.35.